The van der Waals surface area contributed by atoms with Crippen LogP contribution in [0.4, 0.5) is 10.1 Å². The van der Waals surface area contributed by atoms with Crippen molar-refractivity contribution in [3.05, 3.63) is 29.6 Å². The Labute approximate surface area is 123 Å². The number of nitrogen functional groups attached to an aromatic ring is 1. The first kappa shape index (κ1) is 14.5. The van der Waals surface area contributed by atoms with Crippen molar-refractivity contribution in [2.45, 2.75) is 31.3 Å². The molecular formula is C16H20FNO3. The molecule has 4 nitrogen and oxygen atoms in total. The number of nitrogens with two attached hydrogens (primary N) is 1. The molecule has 2 saturated heterocycles. The van der Waals surface area contributed by atoms with E-state index in [1.165, 1.54) is 12.1 Å². The molecule has 1 unspecified atom stereocenters. The molecule has 1 atom stereocenters. The summed E-state index contributed by atoms with van der Waals surface area (Å²) >= 11 is 0. The van der Waals surface area contributed by atoms with Gasteiger partial charge >= 0.3 is 0 Å². The van der Waals surface area contributed by atoms with Gasteiger partial charge in [-0.1, -0.05) is 0 Å². The Hall–Kier alpha value is -1.46. The second-order valence-corrected chi connectivity index (χ2v) is 5.93. The SMILES string of the molecule is Nc1ccc(C(=O)C2CCOC3(CCOCC3)C2)cc1F. The molecule has 2 aliphatic heterocycles. The predicted molar refractivity (Wildman–Crippen MR) is 76.6 cm³/mol. The summed E-state index contributed by atoms with van der Waals surface area (Å²) in [6.07, 6.45) is 3.04. The fraction of sp³-hybridized carbons (Fsp3) is 0.562. The summed E-state index contributed by atoms with van der Waals surface area (Å²) in [7, 11) is 0. The highest BCUT2D eigenvalue weighted by Gasteiger charge is 2.41. The molecule has 0 aromatic heterocycles. The lowest BCUT2D eigenvalue weighted by atomic mass is 9.78. The molecule has 1 aromatic carbocycles. The monoisotopic (exact) mass is 293 g/mol. The van der Waals surface area contributed by atoms with Crippen molar-refractivity contribution in [3.8, 4) is 0 Å². The second-order valence-electron chi connectivity index (χ2n) is 5.93. The van der Waals surface area contributed by atoms with E-state index in [2.05, 4.69) is 0 Å². The van der Waals surface area contributed by atoms with Gasteiger partial charge in [-0.3, -0.25) is 4.79 Å². The summed E-state index contributed by atoms with van der Waals surface area (Å²) < 4.78 is 24.9. The molecule has 2 aliphatic rings. The maximum atomic E-state index is 13.5. The van der Waals surface area contributed by atoms with E-state index in [-0.39, 0.29) is 23.0 Å². The molecule has 2 heterocycles. The molecule has 21 heavy (non-hydrogen) atoms. The van der Waals surface area contributed by atoms with E-state index in [1.54, 1.807) is 6.07 Å². The van der Waals surface area contributed by atoms with Crippen molar-refractivity contribution in [2.75, 3.05) is 25.6 Å². The van der Waals surface area contributed by atoms with Crippen LogP contribution in [0.5, 0.6) is 0 Å². The van der Waals surface area contributed by atoms with Crippen molar-refractivity contribution < 1.29 is 18.7 Å². The molecule has 0 aliphatic carbocycles. The number of carbonyl (C=O) groups excluding carboxylic acids is 1. The average molecular weight is 293 g/mol. The van der Waals surface area contributed by atoms with Crippen LogP contribution in [0.1, 0.15) is 36.0 Å². The summed E-state index contributed by atoms with van der Waals surface area (Å²) in [5.74, 6) is -0.656. The van der Waals surface area contributed by atoms with Gasteiger partial charge in [0.25, 0.3) is 0 Å². The molecule has 2 N–H and O–H groups in total. The summed E-state index contributed by atoms with van der Waals surface area (Å²) in [4.78, 5) is 12.6. The molecule has 5 heteroatoms. The topological polar surface area (TPSA) is 61.6 Å². The lowest BCUT2D eigenvalue weighted by Gasteiger charge is -2.42. The minimum Gasteiger partial charge on any atom is -0.396 e. The van der Waals surface area contributed by atoms with Crippen LogP contribution in [0.15, 0.2) is 18.2 Å². The molecule has 0 radical (unpaired) electrons. The van der Waals surface area contributed by atoms with Gasteiger partial charge in [0.1, 0.15) is 5.82 Å². The van der Waals surface area contributed by atoms with Gasteiger partial charge in [-0.25, -0.2) is 4.39 Å². The van der Waals surface area contributed by atoms with Gasteiger partial charge in [0, 0.05) is 31.3 Å². The molecule has 0 bridgehead atoms. The van der Waals surface area contributed by atoms with Crippen LogP contribution in [-0.4, -0.2) is 31.2 Å². The van der Waals surface area contributed by atoms with E-state index in [0.717, 1.165) is 12.8 Å². The van der Waals surface area contributed by atoms with Crippen LogP contribution < -0.4 is 5.73 Å². The maximum Gasteiger partial charge on any atom is 0.166 e. The molecule has 1 aromatic rings. The zero-order valence-corrected chi connectivity index (χ0v) is 11.9. The zero-order chi connectivity index (χ0) is 14.9. The normalized spacial score (nSPS) is 24.9. The smallest absolute Gasteiger partial charge is 0.166 e. The first-order chi connectivity index (χ1) is 10.1. The van der Waals surface area contributed by atoms with Crippen molar-refractivity contribution in [1.82, 2.24) is 0 Å². The van der Waals surface area contributed by atoms with E-state index in [9.17, 15) is 9.18 Å². The molecule has 3 rings (SSSR count). The number of hydrogen-bond acceptors (Lipinski definition) is 4. The van der Waals surface area contributed by atoms with Gasteiger partial charge in [0.05, 0.1) is 11.3 Å². The van der Waals surface area contributed by atoms with Crippen molar-refractivity contribution in [2.24, 2.45) is 5.92 Å². The first-order valence-electron chi connectivity index (χ1n) is 7.41. The number of ether oxygens (including phenoxy) is 2. The molecule has 1 spiro atoms. The van der Waals surface area contributed by atoms with E-state index in [4.69, 9.17) is 15.2 Å². The largest absolute Gasteiger partial charge is 0.396 e. The first-order valence-corrected chi connectivity index (χ1v) is 7.41. The lowest BCUT2D eigenvalue weighted by Crippen LogP contribution is -2.45. The molecular weight excluding hydrogens is 273 g/mol. The highest BCUT2D eigenvalue weighted by molar-refractivity contribution is 5.98. The Morgan fingerprint density at radius 3 is 2.76 bits per heavy atom. The highest BCUT2D eigenvalue weighted by Crippen LogP contribution is 2.38. The molecule has 0 amide bonds. The lowest BCUT2D eigenvalue weighted by molar-refractivity contribution is -0.142. The Morgan fingerprint density at radius 1 is 1.29 bits per heavy atom. The van der Waals surface area contributed by atoms with Crippen LogP contribution in [0, 0.1) is 11.7 Å². The van der Waals surface area contributed by atoms with Crippen LogP contribution >= 0.6 is 0 Å². The van der Waals surface area contributed by atoms with Crippen LogP contribution in [0.2, 0.25) is 0 Å². The van der Waals surface area contributed by atoms with Crippen LogP contribution in [-0.2, 0) is 9.47 Å². The van der Waals surface area contributed by atoms with Gasteiger partial charge in [0.2, 0.25) is 0 Å². The fourth-order valence-corrected chi connectivity index (χ4v) is 3.26. The number of carbonyl (C=O) groups is 1. The highest BCUT2D eigenvalue weighted by atomic mass is 19.1. The number of halogens is 1. The van der Waals surface area contributed by atoms with Gasteiger partial charge in [0.15, 0.2) is 5.78 Å². The maximum absolute atomic E-state index is 13.5. The van der Waals surface area contributed by atoms with Crippen molar-refractivity contribution >= 4 is 11.5 Å². The minimum absolute atomic E-state index is 0.0110. The Bertz CT molecular complexity index is 535. The number of anilines is 1. The number of rotatable bonds is 2. The van der Waals surface area contributed by atoms with E-state index < -0.39 is 5.82 Å². The average Bonchev–Trinajstić information content (AvgIpc) is 2.50. The predicted octanol–water partition coefficient (Wildman–Crippen LogP) is 2.57. The van der Waals surface area contributed by atoms with Gasteiger partial charge in [-0.15, -0.1) is 0 Å². The quantitative estimate of drug-likeness (QED) is 0.672. The fourth-order valence-electron chi connectivity index (χ4n) is 3.26. The number of Topliss-reactive ketones (excluding diaryl/α,β-unsaturated/α-hetero) is 1. The molecule has 2 fully saturated rings. The summed E-state index contributed by atoms with van der Waals surface area (Å²) in [6, 6.07) is 4.29. The van der Waals surface area contributed by atoms with Crippen molar-refractivity contribution in [3.63, 3.8) is 0 Å². The molecule has 114 valence electrons. The Kier molecular flexibility index (Phi) is 3.95. The zero-order valence-electron chi connectivity index (χ0n) is 11.9. The van der Waals surface area contributed by atoms with Crippen LogP contribution in [0.3, 0.4) is 0 Å². The van der Waals surface area contributed by atoms with E-state index >= 15 is 0 Å². The minimum atomic E-state index is -0.534. The third-order valence-corrected chi connectivity index (χ3v) is 4.55. The van der Waals surface area contributed by atoms with Crippen molar-refractivity contribution in [1.29, 1.82) is 0 Å². The standard InChI is InChI=1S/C16H20FNO3/c17-13-9-11(1-2-14(13)18)15(19)12-3-6-21-16(10-12)4-7-20-8-5-16/h1-2,9,12H,3-8,10,18H2. The third-order valence-electron chi connectivity index (χ3n) is 4.55. The Balaban J connectivity index is 1.76. The Morgan fingerprint density at radius 2 is 2.05 bits per heavy atom. The van der Waals surface area contributed by atoms with Crippen LogP contribution in [0.25, 0.3) is 0 Å². The summed E-state index contributed by atoms with van der Waals surface area (Å²) in [5, 5.41) is 0. The number of hydrogen-bond donors (Lipinski definition) is 1. The van der Waals surface area contributed by atoms with E-state index in [1.807, 2.05) is 0 Å². The third kappa shape index (κ3) is 2.94. The summed E-state index contributed by atoms with van der Waals surface area (Å²) in [6.45, 7) is 1.93. The molecule has 0 saturated carbocycles. The number of ketones is 1. The second kappa shape index (κ2) is 5.73. The van der Waals surface area contributed by atoms with Gasteiger partial charge in [-0.05, 0) is 43.9 Å². The van der Waals surface area contributed by atoms with Gasteiger partial charge < -0.3 is 15.2 Å². The van der Waals surface area contributed by atoms with E-state index in [0.29, 0.717) is 38.2 Å². The van der Waals surface area contributed by atoms with Gasteiger partial charge in [-0.2, -0.15) is 0 Å². The number of benzene rings is 1. The summed E-state index contributed by atoms with van der Waals surface area (Å²) in [5.41, 5.74) is 5.69.